The number of carbonyl (C=O) groups is 1. The molecule has 0 amide bonds. The van der Waals surface area contributed by atoms with Gasteiger partial charge < -0.3 is 9.15 Å². The number of carbonyl (C=O) groups excluding carboxylic acids is 1. The van der Waals surface area contributed by atoms with E-state index in [1.54, 1.807) is 31.2 Å². The predicted molar refractivity (Wildman–Crippen MR) is 138 cm³/mol. The third-order valence-electron chi connectivity index (χ3n) is 6.08. The van der Waals surface area contributed by atoms with Crippen LogP contribution < -0.4 is 4.72 Å². The first kappa shape index (κ1) is 22.9. The van der Waals surface area contributed by atoms with Crippen molar-refractivity contribution in [2.45, 2.75) is 31.6 Å². The van der Waals surface area contributed by atoms with E-state index in [-0.39, 0.29) is 4.90 Å². The highest BCUT2D eigenvalue weighted by molar-refractivity contribution is 7.92. The second-order valence-electron chi connectivity index (χ2n) is 8.48. The molecule has 0 fully saturated rings. The predicted octanol–water partition coefficient (Wildman–Crippen LogP) is 6.81. The molecule has 0 aliphatic heterocycles. The summed E-state index contributed by atoms with van der Waals surface area (Å²) < 4.78 is 41.0. The minimum atomic E-state index is -3.91. The van der Waals surface area contributed by atoms with Crippen LogP contribution >= 0.6 is 0 Å². The highest BCUT2D eigenvalue weighted by Crippen LogP contribution is 2.38. The Balaban J connectivity index is 1.63. The van der Waals surface area contributed by atoms with E-state index in [0.717, 1.165) is 23.6 Å². The highest BCUT2D eigenvalue weighted by atomic mass is 32.2. The van der Waals surface area contributed by atoms with Crippen molar-refractivity contribution in [2.75, 3.05) is 11.3 Å². The lowest BCUT2D eigenvalue weighted by Crippen LogP contribution is -2.13. The molecule has 0 aliphatic carbocycles. The molecule has 5 rings (SSSR count). The average molecular weight is 488 g/mol. The van der Waals surface area contributed by atoms with Crippen LogP contribution in [0.2, 0.25) is 0 Å². The van der Waals surface area contributed by atoms with Crippen molar-refractivity contribution in [3.05, 3.63) is 84.1 Å². The van der Waals surface area contributed by atoms with Crippen LogP contribution in [-0.2, 0) is 14.8 Å². The maximum Gasteiger partial charge on any atom is 0.342 e. The van der Waals surface area contributed by atoms with Gasteiger partial charge in [0, 0.05) is 16.2 Å². The molecule has 0 saturated carbocycles. The zero-order valence-corrected chi connectivity index (χ0v) is 20.3. The standard InChI is InChI=1S/C28H25NO5S/c1-3-4-15-33-28(30)26-18(2)34-27-23-12-8-7-11-22(23)25(17-24(26)27)29-35(31,32)21-14-13-19-9-5-6-10-20(19)16-21/h5-14,16-17,29H,3-4,15H2,1-2H3. The minimum Gasteiger partial charge on any atom is -0.462 e. The molecule has 0 bridgehead atoms. The molecule has 1 N–H and O–H groups in total. The molecule has 1 heterocycles. The first-order chi connectivity index (χ1) is 16.9. The van der Waals surface area contributed by atoms with Gasteiger partial charge in [-0.2, -0.15) is 0 Å². The van der Waals surface area contributed by atoms with Gasteiger partial charge in [-0.05, 0) is 42.3 Å². The molecular weight excluding hydrogens is 462 g/mol. The monoisotopic (exact) mass is 487 g/mol. The first-order valence-electron chi connectivity index (χ1n) is 11.5. The van der Waals surface area contributed by atoms with Crippen LogP contribution in [0, 0.1) is 6.92 Å². The molecule has 5 aromatic rings. The summed E-state index contributed by atoms with van der Waals surface area (Å²) in [5.74, 6) is -0.0468. The van der Waals surface area contributed by atoms with Crippen molar-refractivity contribution in [1.82, 2.24) is 0 Å². The van der Waals surface area contributed by atoms with Crippen molar-refractivity contribution in [3.8, 4) is 0 Å². The van der Waals surface area contributed by atoms with Crippen LogP contribution in [0.25, 0.3) is 32.5 Å². The van der Waals surface area contributed by atoms with Gasteiger partial charge in [0.25, 0.3) is 10.0 Å². The number of fused-ring (bicyclic) bond motifs is 4. The third-order valence-corrected chi connectivity index (χ3v) is 7.45. The number of nitrogens with one attached hydrogen (secondary N) is 1. The van der Waals surface area contributed by atoms with Crippen molar-refractivity contribution >= 4 is 54.2 Å². The number of hydrogen-bond acceptors (Lipinski definition) is 5. The van der Waals surface area contributed by atoms with Gasteiger partial charge in [0.2, 0.25) is 0 Å². The Morgan fingerprint density at radius 2 is 1.63 bits per heavy atom. The zero-order valence-electron chi connectivity index (χ0n) is 19.5. The number of aryl methyl sites for hydroxylation is 1. The molecule has 35 heavy (non-hydrogen) atoms. The van der Waals surface area contributed by atoms with Crippen LogP contribution in [0.4, 0.5) is 5.69 Å². The van der Waals surface area contributed by atoms with Crippen LogP contribution in [-0.4, -0.2) is 21.0 Å². The summed E-state index contributed by atoms with van der Waals surface area (Å²) in [6, 6.07) is 21.6. The quantitative estimate of drug-likeness (QED) is 0.201. The van der Waals surface area contributed by atoms with Gasteiger partial charge in [0.15, 0.2) is 0 Å². The van der Waals surface area contributed by atoms with Gasteiger partial charge in [-0.3, -0.25) is 4.72 Å². The molecule has 4 aromatic carbocycles. The normalized spacial score (nSPS) is 11.8. The van der Waals surface area contributed by atoms with Crippen LogP contribution in [0.15, 0.2) is 82.1 Å². The van der Waals surface area contributed by atoms with Gasteiger partial charge in [-0.15, -0.1) is 0 Å². The van der Waals surface area contributed by atoms with Crippen molar-refractivity contribution in [3.63, 3.8) is 0 Å². The minimum absolute atomic E-state index is 0.156. The fraction of sp³-hybridized carbons (Fsp3) is 0.179. The van der Waals surface area contributed by atoms with E-state index in [1.807, 2.05) is 55.5 Å². The van der Waals surface area contributed by atoms with E-state index >= 15 is 0 Å². The second kappa shape index (κ2) is 9.07. The lowest BCUT2D eigenvalue weighted by molar-refractivity contribution is 0.0500. The Kier molecular flexibility index (Phi) is 5.94. The number of rotatable bonds is 7. The lowest BCUT2D eigenvalue weighted by atomic mass is 10.0. The number of esters is 1. The molecule has 0 radical (unpaired) electrons. The summed E-state index contributed by atoms with van der Waals surface area (Å²) in [7, 11) is -3.91. The van der Waals surface area contributed by atoms with Gasteiger partial charge in [-0.25, -0.2) is 13.2 Å². The molecule has 1 aromatic heterocycles. The van der Waals surface area contributed by atoms with E-state index in [0.29, 0.717) is 45.4 Å². The van der Waals surface area contributed by atoms with Crippen molar-refractivity contribution in [1.29, 1.82) is 0 Å². The zero-order chi connectivity index (χ0) is 24.6. The van der Waals surface area contributed by atoms with E-state index < -0.39 is 16.0 Å². The maximum atomic E-state index is 13.4. The Hall–Kier alpha value is -3.84. The van der Waals surface area contributed by atoms with E-state index in [2.05, 4.69) is 4.72 Å². The number of furan rings is 1. The average Bonchev–Trinajstić information content (AvgIpc) is 3.19. The SMILES string of the molecule is CCCCOC(=O)c1c(C)oc2c1cc(NS(=O)(=O)c1ccc3ccccc3c1)c1ccccc12. The van der Waals surface area contributed by atoms with Gasteiger partial charge in [0.1, 0.15) is 16.9 Å². The molecule has 0 spiro atoms. The Labute approximate surface area is 203 Å². The smallest absolute Gasteiger partial charge is 0.342 e. The molecule has 0 unspecified atom stereocenters. The Morgan fingerprint density at radius 1 is 0.914 bits per heavy atom. The van der Waals surface area contributed by atoms with E-state index in [1.165, 1.54) is 0 Å². The number of sulfonamides is 1. The largest absolute Gasteiger partial charge is 0.462 e. The summed E-state index contributed by atoms with van der Waals surface area (Å²) in [4.78, 5) is 13.0. The molecule has 0 aliphatic rings. The molecule has 178 valence electrons. The lowest BCUT2D eigenvalue weighted by Gasteiger charge is -2.12. The van der Waals surface area contributed by atoms with E-state index in [4.69, 9.17) is 9.15 Å². The third kappa shape index (κ3) is 4.23. The summed E-state index contributed by atoms with van der Waals surface area (Å²) in [6.07, 6.45) is 1.67. The fourth-order valence-electron chi connectivity index (χ4n) is 4.30. The van der Waals surface area contributed by atoms with Crippen molar-refractivity contribution in [2.24, 2.45) is 0 Å². The summed E-state index contributed by atoms with van der Waals surface area (Å²) >= 11 is 0. The number of anilines is 1. The van der Waals surface area contributed by atoms with Gasteiger partial charge in [-0.1, -0.05) is 67.9 Å². The number of benzene rings is 4. The fourth-order valence-corrected chi connectivity index (χ4v) is 5.40. The van der Waals surface area contributed by atoms with E-state index in [9.17, 15) is 13.2 Å². The topological polar surface area (TPSA) is 85.6 Å². The highest BCUT2D eigenvalue weighted by Gasteiger charge is 2.24. The first-order valence-corrected chi connectivity index (χ1v) is 13.0. The Bertz CT molecular complexity index is 1680. The van der Waals surface area contributed by atoms with Crippen LogP contribution in [0.5, 0.6) is 0 Å². The molecule has 0 atom stereocenters. The molecule has 6 nitrogen and oxygen atoms in total. The van der Waals surface area contributed by atoms with Crippen LogP contribution in [0.1, 0.15) is 35.9 Å². The number of hydrogen-bond donors (Lipinski definition) is 1. The van der Waals surface area contributed by atoms with Gasteiger partial charge >= 0.3 is 5.97 Å². The van der Waals surface area contributed by atoms with Crippen LogP contribution in [0.3, 0.4) is 0 Å². The molecule has 0 saturated heterocycles. The second-order valence-corrected chi connectivity index (χ2v) is 10.2. The van der Waals surface area contributed by atoms with Crippen molar-refractivity contribution < 1.29 is 22.4 Å². The summed E-state index contributed by atoms with van der Waals surface area (Å²) in [5, 5.41) is 3.68. The molecule has 7 heteroatoms. The maximum absolute atomic E-state index is 13.4. The van der Waals surface area contributed by atoms with Gasteiger partial charge in [0.05, 0.1) is 17.2 Å². The number of ether oxygens (including phenoxy) is 1. The number of unbranched alkanes of at least 4 members (excludes halogenated alkanes) is 1. The molecular formula is C28H25NO5S. The summed E-state index contributed by atoms with van der Waals surface area (Å²) in [6.45, 7) is 4.05. The summed E-state index contributed by atoms with van der Waals surface area (Å²) in [5.41, 5.74) is 1.20. The Morgan fingerprint density at radius 3 is 2.40 bits per heavy atom.